The minimum Gasteiger partial charge on any atom is -0.497 e. The predicted octanol–water partition coefficient (Wildman–Crippen LogP) is 0.767. The molecule has 1 N–H and O–H groups in total. The lowest BCUT2D eigenvalue weighted by atomic mass is 10.1. The average molecular weight is 249 g/mol. The van der Waals surface area contributed by atoms with Crippen LogP contribution in [-0.2, 0) is 0 Å². The Bertz CT molecular complexity index is 674. The lowest BCUT2D eigenvalue weighted by Crippen LogP contribution is -2.30. The normalized spacial score (nSPS) is 10.3. The molecule has 1 aromatic heterocycles. The van der Waals surface area contributed by atoms with Gasteiger partial charge < -0.3 is 14.7 Å². The van der Waals surface area contributed by atoms with Crippen LogP contribution in [0.5, 0.6) is 5.75 Å². The van der Waals surface area contributed by atoms with E-state index in [0.717, 1.165) is 4.73 Å². The zero-order valence-corrected chi connectivity index (χ0v) is 9.84. The number of pyridine rings is 1. The summed E-state index contributed by atoms with van der Waals surface area (Å²) in [4.78, 5) is 27.9. The first-order chi connectivity index (χ1) is 8.58. The number of nitrogens with zero attached hydrogens (tertiary/aromatic N) is 1. The van der Waals surface area contributed by atoms with Crippen LogP contribution in [0.4, 0.5) is 0 Å². The molecule has 6 nitrogen and oxygen atoms in total. The van der Waals surface area contributed by atoms with Crippen LogP contribution in [-0.4, -0.2) is 30.0 Å². The predicted molar refractivity (Wildman–Crippen MR) is 64.2 cm³/mol. The molecular formula is C12H11NO5. The number of carboxylic acid groups (broad SMARTS) is 1. The van der Waals surface area contributed by atoms with Crippen molar-refractivity contribution in [2.45, 2.75) is 0 Å². The molecule has 0 unspecified atom stereocenters. The Morgan fingerprint density at radius 1 is 1.28 bits per heavy atom. The maximum absolute atomic E-state index is 12.0. The Balaban J connectivity index is 2.86. The molecular weight excluding hydrogens is 238 g/mol. The lowest BCUT2D eigenvalue weighted by molar-refractivity contribution is 0.0630. The summed E-state index contributed by atoms with van der Waals surface area (Å²) in [6.45, 7) is 0. The van der Waals surface area contributed by atoms with Crippen molar-refractivity contribution >= 4 is 16.7 Å². The van der Waals surface area contributed by atoms with E-state index in [9.17, 15) is 9.59 Å². The standard InChI is InChI=1S/C12H11NO5/c1-17-8-3-4-9-7(5-8)6-10(12(15)16)13(18-2)11(9)14/h3-6H,1-2H3,(H,15,16). The van der Waals surface area contributed by atoms with E-state index in [1.165, 1.54) is 20.3 Å². The Hall–Kier alpha value is -2.50. The van der Waals surface area contributed by atoms with E-state index in [1.54, 1.807) is 18.2 Å². The van der Waals surface area contributed by atoms with Crippen LogP contribution in [0.1, 0.15) is 10.5 Å². The van der Waals surface area contributed by atoms with E-state index in [2.05, 4.69) is 0 Å². The van der Waals surface area contributed by atoms with Crippen molar-refractivity contribution in [2.75, 3.05) is 14.2 Å². The largest absolute Gasteiger partial charge is 0.497 e. The van der Waals surface area contributed by atoms with Gasteiger partial charge in [0.25, 0.3) is 5.56 Å². The third-order valence-electron chi connectivity index (χ3n) is 2.59. The third-order valence-corrected chi connectivity index (χ3v) is 2.59. The Labute approximate surface area is 102 Å². The zero-order valence-electron chi connectivity index (χ0n) is 9.84. The van der Waals surface area contributed by atoms with Gasteiger partial charge in [-0.25, -0.2) is 4.79 Å². The Kier molecular flexibility index (Phi) is 2.93. The maximum atomic E-state index is 12.0. The summed E-state index contributed by atoms with van der Waals surface area (Å²) in [6, 6.07) is 6.16. The smallest absolute Gasteiger partial charge is 0.356 e. The molecule has 0 aliphatic carbocycles. The van der Waals surface area contributed by atoms with E-state index in [1.807, 2.05) is 0 Å². The summed E-state index contributed by atoms with van der Waals surface area (Å²) < 4.78 is 5.78. The van der Waals surface area contributed by atoms with Gasteiger partial charge in [-0.1, -0.05) is 0 Å². The van der Waals surface area contributed by atoms with Crippen LogP contribution < -0.4 is 15.1 Å². The quantitative estimate of drug-likeness (QED) is 0.869. The second kappa shape index (κ2) is 4.40. The molecule has 18 heavy (non-hydrogen) atoms. The van der Waals surface area contributed by atoms with Crippen molar-refractivity contribution in [3.05, 3.63) is 40.3 Å². The summed E-state index contributed by atoms with van der Waals surface area (Å²) in [5.41, 5.74) is -0.752. The molecule has 0 spiro atoms. The first kappa shape index (κ1) is 12.0. The monoisotopic (exact) mass is 249 g/mol. The molecule has 6 heteroatoms. The molecule has 0 amide bonds. The number of fused-ring (bicyclic) bond motifs is 1. The van der Waals surface area contributed by atoms with Crippen LogP contribution in [0.25, 0.3) is 10.8 Å². The van der Waals surface area contributed by atoms with Gasteiger partial charge in [-0.2, -0.15) is 0 Å². The zero-order chi connectivity index (χ0) is 13.3. The first-order valence-electron chi connectivity index (χ1n) is 5.10. The molecule has 94 valence electrons. The number of rotatable bonds is 3. The number of carboxylic acids is 1. The second-order valence-electron chi connectivity index (χ2n) is 3.57. The van der Waals surface area contributed by atoms with Crippen LogP contribution >= 0.6 is 0 Å². The number of ether oxygens (including phenoxy) is 1. The molecule has 1 heterocycles. The minimum atomic E-state index is -1.24. The first-order valence-corrected chi connectivity index (χ1v) is 5.10. The minimum absolute atomic E-state index is 0.233. The fourth-order valence-corrected chi connectivity index (χ4v) is 1.74. The topological polar surface area (TPSA) is 77.8 Å². The summed E-state index contributed by atoms with van der Waals surface area (Å²) in [7, 11) is 2.73. The summed E-state index contributed by atoms with van der Waals surface area (Å²) in [6.07, 6.45) is 0. The highest BCUT2D eigenvalue weighted by atomic mass is 16.7. The molecule has 0 saturated carbocycles. The van der Waals surface area contributed by atoms with Gasteiger partial charge in [0.2, 0.25) is 0 Å². The third kappa shape index (κ3) is 1.77. The lowest BCUT2D eigenvalue weighted by Gasteiger charge is -2.09. The van der Waals surface area contributed by atoms with Crippen LogP contribution in [0, 0.1) is 0 Å². The van der Waals surface area contributed by atoms with Crippen molar-refractivity contribution in [3.63, 3.8) is 0 Å². The second-order valence-corrected chi connectivity index (χ2v) is 3.57. The number of aromatic carboxylic acids is 1. The highest BCUT2D eigenvalue weighted by Crippen LogP contribution is 2.19. The molecule has 0 saturated heterocycles. The number of benzene rings is 1. The van der Waals surface area contributed by atoms with Crippen molar-refractivity contribution in [1.82, 2.24) is 4.73 Å². The molecule has 0 fully saturated rings. The van der Waals surface area contributed by atoms with Crippen molar-refractivity contribution in [3.8, 4) is 5.75 Å². The maximum Gasteiger partial charge on any atom is 0.356 e. The summed E-state index contributed by atoms with van der Waals surface area (Å²) in [5, 5.41) is 9.89. The van der Waals surface area contributed by atoms with Crippen LogP contribution in [0.3, 0.4) is 0 Å². The van der Waals surface area contributed by atoms with Gasteiger partial charge in [-0.3, -0.25) is 4.79 Å². The van der Waals surface area contributed by atoms with Gasteiger partial charge in [0.15, 0.2) is 5.69 Å². The van der Waals surface area contributed by atoms with E-state index >= 15 is 0 Å². The SMILES string of the molecule is COc1ccc2c(=O)n(OC)c(C(=O)O)cc2c1. The molecule has 1 aromatic carbocycles. The molecule has 2 aromatic rings. The fraction of sp³-hybridized carbons (Fsp3) is 0.167. The molecule has 0 aliphatic heterocycles. The van der Waals surface area contributed by atoms with Gasteiger partial charge in [-0.15, -0.1) is 4.73 Å². The molecule has 0 aliphatic rings. The van der Waals surface area contributed by atoms with Gasteiger partial charge in [0.05, 0.1) is 12.5 Å². The van der Waals surface area contributed by atoms with Crippen molar-refractivity contribution < 1.29 is 19.5 Å². The highest BCUT2D eigenvalue weighted by molar-refractivity contribution is 5.92. The van der Waals surface area contributed by atoms with Crippen molar-refractivity contribution in [2.24, 2.45) is 0 Å². The average Bonchev–Trinajstić information content (AvgIpc) is 2.37. The van der Waals surface area contributed by atoms with Crippen molar-refractivity contribution in [1.29, 1.82) is 0 Å². The number of carbonyl (C=O) groups is 1. The van der Waals surface area contributed by atoms with Gasteiger partial charge in [-0.05, 0) is 29.7 Å². The highest BCUT2D eigenvalue weighted by Gasteiger charge is 2.15. The molecule has 0 bridgehead atoms. The number of methoxy groups -OCH3 is 1. The van der Waals surface area contributed by atoms with E-state index in [-0.39, 0.29) is 5.69 Å². The molecule has 0 radical (unpaired) electrons. The van der Waals surface area contributed by atoms with E-state index < -0.39 is 11.5 Å². The number of hydrogen-bond acceptors (Lipinski definition) is 4. The Morgan fingerprint density at radius 3 is 2.56 bits per heavy atom. The van der Waals surface area contributed by atoms with Gasteiger partial charge >= 0.3 is 5.97 Å². The van der Waals surface area contributed by atoms with E-state index in [4.69, 9.17) is 14.7 Å². The van der Waals surface area contributed by atoms with E-state index in [0.29, 0.717) is 16.5 Å². The number of aromatic nitrogens is 1. The summed E-state index contributed by atoms with van der Waals surface area (Å²) in [5.74, 6) is -0.688. The van der Waals surface area contributed by atoms with Crippen LogP contribution in [0.15, 0.2) is 29.1 Å². The summed E-state index contributed by atoms with van der Waals surface area (Å²) >= 11 is 0. The molecule has 2 rings (SSSR count). The fourth-order valence-electron chi connectivity index (χ4n) is 1.74. The van der Waals surface area contributed by atoms with Gasteiger partial charge in [0, 0.05) is 0 Å². The van der Waals surface area contributed by atoms with Crippen LogP contribution in [0.2, 0.25) is 0 Å². The number of hydrogen-bond donors (Lipinski definition) is 1. The molecule has 0 atom stereocenters. The van der Waals surface area contributed by atoms with Gasteiger partial charge in [0.1, 0.15) is 12.9 Å². The Morgan fingerprint density at radius 2 is 2.00 bits per heavy atom.